The zero-order valence-corrected chi connectivity index (χ0v) is 13.9. The fraction of sp³-hybridized carbons (Fsp3) is 0.133. The van der Waals surface area contributed by atoms with Gasteiger partial charge in [-0.1, -0.05) is 23.7 Å². The molecule has 0 unspecified atom stereocenters. The van der Waals surface area contributed by atoms with Crippen molar-refractivity contribution in [3.63, 3.8) is 0 Å². The molecule has 6 nitrogen and oxygen atoms in total. The molecule has 2 aromatic carbocycles. The van der Waals surface area contributed by atoms with E-state index in [1.165, 1.54) is 0 Å². The number of rotatable bonds is 5. The van der Waals surface area contributed by atoms with Crippen LogP contribution >= 0.6 is 11.6 Å². The van der Waals surface area contributed by atoms with Gasteiger partial charge in [0, 0.05) is 22.9 Å². The first-order valence-electron chi connectivity index (χ1n) is 6.69. The summed E-state index contributed by atoms with van der Waals surface area (Å²) in [7, 11) is -3.32. The van der Waals surface area contributed by atoms with Gasteiger partial charge in [0.15, 0.2) is 0 Å². The maximum Gasteiger partial charge on any atom is 0.319 e. The van der Waals surface area contributed by atoms with Crippen molar-refractivity contribution >= 4 is 39.0 Å². The van der Waals surface area contributed by atoms with Crippen LogP contribution in [0.5, 0.6) is 0 Å². The van der Waals surface area contributed by atoms with E-state index in [2.05, 4.69) is 15.4 Å². The van der Waals surface area contributed by atoms with E-state index in [0.29, 0.717) is 22.9 Å². The minimum absolute atomic E-state index is 0.347. The van der Waals surface area contributed by atoms with E-state index >= 15 is 0 Å². The Morgan fingerprint density at radius 3 is 2.35 bits per heavy atom. The van der Waals surface area contributed by atoms with Crippen LogP contribution < -0.4 is 15.4 Å². The summed E-state index contributed by atoms with van der Waals surface area (Å²) in [5.41, 5.74) is 1.87. The van der Waals surface area contributed by atoms with Gasteiger partial charge in [0.05, 0.1) is 6.26 Å². The Labute approximate surface area is 139 Å². The topological polar surface area (TPSA) is 87.3 Å². The second-order valence-electron chi connectivity index (χ2n) is 4.89. The number of anilines is 2. The first kappa shape index (κ1) is 17.1. The average Bonchev–Trinajstić information content (AvgIpc) is 2.46. The van der Waals surface area contributed by atoms with Gasteiger partial charge in [0.2, 0.25) is 10.0 Å². The highest BCUT2D eigenvalue weighted by Crippen LogP contribution is 2.14. The van der Waals surface area contributed by atoms with Gasteiger partial charge in [-0.25, -0.2) is 13.2 Å². The molecule has 0 heterocycles. The zero-order valence-electron chi connectivity index (χ0n) is 12.3. The van der Waals surface area contributed by atoms with Crippen LogP contribution in [-0.2, 0) is 16.6 Å². The number of urea groups is 1. The van der Waals surface area contributed by atoms with Gasteiger partial charge in [-0.2, -0.15) is 0 Å². The van der Waals surface area contributed by atoms with E-state index in [0.717, 1.165) is 11.8 Å². The third-order valence-electron chi connectivity index (χ3n) is 2.79. The van der Waals surface area contributed by atoms with Crippen LogP contribution in [0, 0.1) is 0 Å². The molecule has 0 spiro atoms. The highest BCUT2D eigenvalue weighted by molar-refractivity contribution is 7.92. The molecule has 122 valence electrons. The lowest BCUT2D eigenvalue weighted by molar-refractivity contribution is 0.251. The van der Waals surface area contributed by atoms with E-state index in [1.807, 2.05) is 12.1 Å². The number of carbonyl (C=O) groups excluding carboxylic acids is 1. The molecule has 3 N–H and O–H groups in total. The SMILES string of the molecule is CS(=O)(=O)Nc1ccc(NC(=O)NCc2cccc(Cl)c2)cc1. The van der Waals surface area contributed by atoms with Crippen molar-refractivity contribution < 1.29 is 13.2 Å². The highest BCUT2D eigenvalue weighted by atomic mass is 35.5. The van der Waals surface area contributed by atoms with Crippen LogP contribution in [0.1, 0.15) is 5.56 Å². The van der Waals surface area contributed by atoms with E-state index in [9.17, 15) is 13.2 Å². The summed E-state index contributed by atoms with van der Waals surface area (Å²) in [6.07, 6.45) is 1.07. The van der Waals surface area contributed by atoms with Gasteiger partial charge in [-0.3, -0.25) is 4.72 Å². The van der Waals surface area contributed by atoms with Crippen LogP contribution in [0.3, 0.4) is 0 Å². The Hall–Kier alpha value is -2.25. The Morgan fingerprint density at radius 2 is 1.74 bits per heavy atom. The maximum atomic E-state index is 11.8. The number of halogens is 1. The van der Waals surface area contributed by atoms with Crippen molar-refractivity contribution in [1.29, 1.82) is 0 Å². The van der Waals surface area contributed by atoms with Crippen LogP contribution in [0.15, 0.2) is 48.5 Å². The first-order chi connectivity index (χ1) is 10.8. The average molecular weight is 354 g/mol. The summed E-state index contributed by atoms with van der Waals surface area (Å²) in [5, 5.41) is 5.97. The number of amides is 2. The molecule has 2 amide bonds. The standard InChI is InChI=1S/C15H16ClN3O3S/c1-23(21,22)19-14-7-5-13(6-8-14)18-15(20)17-10-11-3-2-4-12(16)9-11/h2-9,19H,10H2,1H3,(H2,17,18,20). The van der Waals surface area contributed by atoms with Crippen molar-refractivity contribution in [3.8, 4) is 0 Å². The molecular formula is C15H16ClN3O3S. The molecule has 0 saturated carbocycles. The molecule has 0 saturated heterocycles. The molecule has 8 heteroatoms. The van der Waals surface area contributed by atoms with Crippen LogP contribution in [0.4, 0.5) is 16.2 Å². The number of hydrogen-bond acceptors (Lipinski definition) is 3. The molecule has 23 heavy (non-hydrogen) atoms. The number of nitrogens with one attached hydrogen (secondary N) is 3. The number of sulfonamides is 1. The van der Waals surface area contributed by atoms with E-state index in [1.54, 1.807) is 36.4 Å². The fourth-order valence-corrected chi connectivity index (χ4v) is 2.62. The molecule has 0 aliphatic heterocycles. The quantitative estimate of drug-likeness (QED) is 0.772. The Balaban J connectivity index is 1.87. The maximum absolute atomic E-state index is 11.8. The van der Waals surface area contributed by atoms with Gasteiger partial charge in [-0.15, -0.1) is 0 Å². The second-order valence-corrected chi connectivity index (χ2v) is 7.07. The third kappa shape index (κ3) is 6.17. The molecule has 2 rings (SSSR count). The largest absolute Gasteiger partial charge is 0.334 e. The highest BCUT2D eigenvalue weighted by Gasteiger charge is 2.04. The van der Waals surface area contributed by atoms with Gasteiger partial charge in [0.25, 0.3) is 0 Å². The van der Waals surface area contributed by atoms with Crippen molar-refractivity contribution in [2.75, 3.05) is 16.3 Å². The zero-order chi connectivity index (χ0) is 16.9. The Bertz CT molecular complexity index is 792. The number of hydrogen-bond donors (Lipinski definition) is 3. The van der Waals surface area contributed by atoms with Crippen molar-refractivity contribution in [2.24, 2.45) is 0 Å². The number of carbonyl (C=O) groups is 1. The molecular weight excluding hydrogens is 338 g/mol. The molecule has 2 aromatic rings. The lowest BCUT2D eigenvalue weighted by atomic mass is 10.2. The summed E-state index contributed by atoms with van der Waals surface area (Å²) in [4.78, 5) is 11.8. The molecule has 0 radical (unpaired) electrons. The van der Waals surface area contributed by atoms with E-state index in [-0.39, 0.29) is 6.03 Å². The predicted molar refractivity (Wildman–Crippen MR) is 92.2 cm³/mol. The molecule has 0 aliphatic carbocycles. The van der Waals surface area contributed by atoms with Gasteiger partial charge in [0.1, 0.15) is 0 Å². The molecule has 0 bridgehead atoms. The molecule has 0 aliphatic rings. The lowest BCUT2D eigenvalue weighted by Gasteiger charge is -2.09. The molecule has 0 aromatic heterocycles. The van der Waals surface area contributed by atoms with E-state index < -0.39 is 10.0 Å². The smallest absolute Gasteiger partial charge is 0.319 e. The summed E-state index contributed by atoms with van der Waals surface area (Å²) in [6.45, 7) is 0.347. The minimum atomic E-state index is -3.32. The minimum Gasteiger partial charge on any atom is -0.334 e. The lowest BCUT2D eigenvalue weighted by Crippen LogP contribution is -2.28. The second kappa shape index (κ2) is 7.34. The van der Waals surface area contributed by atoms with Crippen LogP contribution in [0.2, 0.25) is 5.02 Å². The monoisotopic (exact) mass is 353 g/mol. The van der Waals surface area contributed by atoms with Gasteiger partial charge < -0.3 is 10.6 Å². The molecule has 0 atom stereocenters. The van der Waals surface area contributed by atoms with Crippen molar-refractivity contribution in [3.05, 3.63) is 59.1 Å². The van der Waals surface area contributed by atoms with Gasteiger partial charge >= 0.3 is 6.03 Å². The van der Waals surface area contributed by atoms with Crippen LogP contribution in [0.25, 0.3) is 0 Å². The number of benzene rings is 2. The van der Waals surface area contributed by atoms with Crippen molar-refractivity contribution in [1.82, 2.24) is 5.32 Å². The normalized spacial score (nSPS) is 10.9. The Morgan fingerprint density at radius 1 is 1.09 bits per heavy atom. The summed E-state index contributed by atoms with van der Waals surface area (Å²) in [6, 6.07) is 13.2. The molecule has 0 fully saturated rings. The van der Waals surface area contributed by atoms with Crippen LogP contribution in [-0.4, -0.2) is 20.7 Å². The predicted octanol–water partition coefficient (Wildman–Crippen LogP) is 3.03. The van der Waals surface area contributed by atoms with Gasteiger partial charge in [-0.05, 0) is 42.0 Å². The summed E-state index contributed by atoms with van der Waals surface area (Å²) < 4.78 is 24.6. The fourth-order valence-electron chi connectivity index (χ4n) is 1.84. The Kier molecular flexibility index (Phi) is 5.46. The first-order valence-corrected chi connectivity index (χ1v) is 8.96. The third-order valence-corrected chi connectivity index (χ3v) is 3.63. The van der Waals surface area contributed by atoms with Crippen molar-refractivity contribution in [2.45, 2.75) is 6.54 Å². The van der Waals surface area contributed by atoms with E-state index in [4.69, 9.17) is 11.6 Å². The summed E-state index contributed by atoms with van der Waals surface area (Å²) in [5.74, 6) is 0. The summed E-state index contributed by atoms with van der Waals surface area (Å²) >= 11 is 5.87.